The second kappa shape index (κ2) is 5.72. The zero-order valence-corrected chi connectivity index (χ0v) is 10.8. The second-order valence-electron chi connectivity index (χ2n) is 4.49. The smallest absolute Gasteiger partial charge is 0.245 e. The van der Waals surface area contributed by atoms with Crippen LogP contribution in [-0.4, -0.2) is 26.2 Å². The van der Waals surface area contributed by atoms with Crippen LogP contribution in [-0.2, 0) is 9.53 Å². The summed E-state index contributed by atoms with van der Waals surface area (Å²) in [7, 11) is 1.57. The van der Waals surface area contributed by atoms with Crippen LogP contribution < -0.4 is 10.1 Å². The molecule has 0 unspecified atom stereocenters. The van der Waals surface area contributed by atoms with E-state index in [1.807, 2.05) is 0 Å². The van der Waals surface area contributed by atoms with Gasteiger partial charge in [0, 0.05) is 25.0 Å². The SMILES string of the molecule is COc1cccc(NC(=O)C2(C#N)CCOCC2)c1. The fraction of sp³-hybridized carbons (Fsp3) is 0.429. The van der Waals surface area contributed by atoms with E-state index < -0.39 is 5.41 Å². The Morgan fingerprint density at radius 2 is 2.21 bits per heavy atom. The number of rotatable bonds is 3. The Bertz CT molecular complexity index is 502. The molecule has 1 amide bonds. The zero-order chi connectivity index (χ0) is 13.7. The van der Waals surface area contributed by atoms with Crippen molar-refractivity contribution in [3.05, 3.63) is 24.3 Å². The summed E-state index contributed by atoms with van der Waals surface area (Å²) in [6.45, 7) is 0.887. The van der Waals surface area contributed by atoms with Crippen LogP contribution in [0, 0.1) is 16.7 Å². The number of carbonyl (C=O) groups is 1. The lowest BCUT2D eigenvalue weighted by Gasteiger charge is -2.29. The summed E-state index contributed by atoms with van der Waals surface area (Å²) in [5, 5.41) is 12.1. The molecule has 1 aromatic rings. The standard InChI is InChI=1S/C14H16N2O3/c1-18-12-4-2-3-11(9-12)16-13(17)14(10-15)5-7-19-8-6-14/h2-4,9H,5-8H2,1H3,(H,16,17). The third kappa shape index (κ3) is 2.85. The first-order chi connectivity index (χ1) is 9.20. The Morgan fingerprint density at radius 1 is 1.47 bits per heavy atom. The molecule has 1 saturated heterocycles. The molecule has 0 atom stereocenters. The number of carbonyl (C=O) groups excluding carboxylic acids is 1. The molecule has 5 heteroatoms. The summed E-state index contributed by atoms with van der Waals surface area (Å²) in [4.78, 5) is 12.3. The molecule has 19 heavy (non-hydrogen) atoms. The number of anilines is 1. The van der Waals surface area contributed by atoms with Gasteiger partial charge in [-0.3, -0.25) is 4.79 Å². The van der Waals surface area contributed by atoms with E-state index in [-0.39, 0.29) is 5.91 Å². The summed E-state index contributed by atoms with van der Waals surface area (Å²) < 4.78 is 10.3. The van der Waals surface area contributed by atoms with Crippen LogP contribution in [0.1, 0.15) is 12.8 Å². The van der Waals surface area contributed by atoms with Gasteiger partial charge in [0.2, 0.25) is 5.91 Å². The zero-order valence-electron chi connectivity index (χ0n) is 10.8. The van der Waals surface area contributed by atoms with Crippen molar-refractivity contribution < 1.29 is 14.3 Å². The maximum Gasteiger partial charge on any atom is 0.245 e. The highest BCUT2D eigenvalue weighted by Gasteiger charge is 2.40. The predicted octanol–water partition coefficient (Wildman–Crippen LogP) is 1.95. The predicted molar refractivity (Wildman–Crippen MR) is 69.7 cm³/mol. The van der Waals surface area contributed by atoms with E-state index in [1.54, 1.807) is 31.4 Å². The van der Waals surface area contributed by atoms with Crippen LogP contribution >= 0.6 is 0 Å². The van der Waals surface area contributed by atoms with Gasteiger partial charge in [-0.1, -0.05) is 6.07 Å². The van der Waals surface area contributed by atoms with Crippen LogP contribution in [0.2, 0.25) is 0 Å². The molecule has 0 bridgehead atoms. The first kappa shape index (κ1) is 13.4. The number of amides is 1. The molecule has 5 nitrogen and oxygen atoms in total. The highest BCUT2D eigenvalue weighted by Crippen LogP contribution is 2.31. The molecule has 100 valence electrons. The molecule has 2 rings (SSSR count). The van der Waals surface area contributed by atoms with E-state index in [9.17, 15) is 10.1 Å². The van der Waals surface area contributed by atoms with Gasteiger partial charge in [0.1, 0.15) is 11.2 Å². The highest BCUT2D eigenvalue weighted by atomic mass is 16.5. The van der Waals surface area contributed by atoms with Gasteiger partial charge in [-0.25, -0.2) is 0 Å². The van der Waals surface area contributed by atoms with Crippen molar-refractivity contribution >= 4 is 11.6 Å². The third-order valence-corrected chi connectivity index (χ3v) is 3.32. The molecule has 0 spiro atoms. The number of methoxy groups -OCH3 is 1. The van der Waals surface area contributed by atoms with E-state index in [0.717, 1.165) is 0 Å². The molecule has 0 saturated carbocycles. The van der Waals surface area contributed by atoms with Crippen molar-refractivity contribution in [1.29, 1.82) is 5.26 Å². The van der Waals surface area contributed by atoms with E-state index in [1.165, 1.54) is 0 Å². The van der Waals surface area contributed by atoms with Gasteiger partial charge in [0.05, 0.1) is 13.2 Å². The van der Waals surface area contributed by atoms with E-state index in [4.69, 9.17) is 9.47 Å². The molecule has 1 aromatic carbocycles. The number of hydrogen-bond acceptors (Lipinski definition) is 4. The van der Waals surface area contributed by atoms with Crippen LogP contribution in [0.5, 0.6) is 5.75 Å². The summed E-state index contributed by atoms with van der Waals surface area (Å²) in [6, 6.07) is 9.22. The largest absolute Gasteiger partial charge is 0.497 e. The fourth-order valence-corrected chi connectivity index (χ4v) is 2.06. The molecule has 1 fully saturated rings. The maximum absolute atomic E-state index is 12.3. The average Bonchev–Trinajstić information content (AvgIpc) is 2.48. The molecular weight excluding hydrogens is 244 g/mol. The monoisotopic (exact) mass is 260 g/mol. The maximum atomic E-state index is 12.3. The highest BCUT2D eigenvalue weighted by molar-refractivity contribution is 5.97. The first-order valence-electron chi connectivity index (χ1n) is 6.15. The topological polar surface area (TPSA) is 71.3 Å². The van der Waals surface area contributed by atoms with Gasteiger partial charge in [-0.15, -0.1) is 0 Å². The minimum absolute atomic E-state index is 0.272. The van der Waals surface area contributed by atoms with Crippen LogP contribution in [0.15, 0.2) is 24.3 Å². The van der Waals surface area contributed by atoms with Crippen LogP contribution in [0.25, 0.3) is 0 Å². The van der Waals surface area contributed by atoms with E-state index in [0.29, 0.717) is 37.5 Å². The number of nitrogens with zero attached hydrogens (tertiary/aromatic N) is 1. The molecule has 1 aliphatic heterocycles. The van der Waals surface area contributed by atoms with Gasteiger partial charge >= 0.3 is 0 Å². The van der Waals surface area contributed by atoms with Crippen molar-refractivity contribution in [2.45, 2.75) is 12.8 Å². The van der Waals surface area contributed by atoms with Crippen molar-refractivity contribution in [2.75, 3.05) is 25.6 Å². The van der Waals surface area contributed by atoms with Crippen molar-refractivity contribution in [1.82, 2.24) is 0 Å². The Kier molecular flexibility index (Phi) is 4.03. The summed E-state index contributed by atoms with van der Waals surface area (Å²) >= 11 is 0. The molecule has 0 aliphatic carbocycles. The quantitative estimate of drug-likeness (QED) is 0.901. The van der Waals surface area contributed by atoms with Gasteiger partial charge in [0.15, 0.2) is 0 Å². The van der Waals surface area contributed by atoms with Crippen molar-refractivity contribution in [3.63, 3.8) is 0 Å². The van der Waals surface area contributed by atoms with Crippen molar-refractivity contribution in [2.24, 2.45) is 5.41 Å². The first-order valence-corrected chi connectivity index (χ1v) is 6.15. The number of hydrogen-bond donors (Lipinski definition) is 1. The Labute approximate surface area is 112 Å². The van der Waals surface area contributed by atoms with Gasteiger partial charge < -0.3 is 14.8 Å². The molecular formula is C14H16N2O3. The lowest BCUT2D eigenvalue weighted by atomic mass is 9.81. The number of nitrogens with one attached hydrogen (secondary N) is 1. The number of ether oxygens (including phenoxy) is 2. The molecule has 1 heterocycles. The summed E-state index contributed by atoms with van der Waals surface area (Å²) in [6.07, 6.45) is 0.860. The molecule has 1 aliphatic rings. The van der Waals surface area contributed by atoms with Gasteiger partial charge in [-0.2, -0.15) is 5.26 Å². The molecule has 0 radical (unpaired) electrons. The van der Waals surface area contributed by atoms with Crippen LogP contribution in [0.3, 0.4) is 0 Å². The lowest BCUT2D eigenvalue weighted by molar-refractivity contribution is -0.126. The minimum atomic E-state index is -0.985. The van der Waals surface area contributed by atoms with Crippen molar-refractivity contribution in [3.8, 4) is 11.8 Å². The lowest BCUT2D eigenvalue weighted by Crippen LogP contribution is -2.39. The summed E-state index contributed by atoms with van der Waals surface area (Å²) in [5.41, 5.74) is -0.355. The normalized spacial score (nSPS) is 17.3. The number of nitriles is 1. The van der Waals surface area contributed by atoms with Gasteiger partial charge in [0.25, 0.3) is 0 Å². The molecule has 1 N–H and O–H groups in total. The number of benzene rings is 1. The second-order valence-corrected chi connectivity index (χ2v) is 4.49. The Hall–Kier alpha value is -2.06. The average molecular weight is 260 g/mol. The molecule has 0 aromatic heterocycles. The van der Waals surface area contributed by atoms with Crippen LogP contribution in [0.4, 0.5) is 5.69 Å². The Balaban J connectivity index is 2.13. The summed E-state index contributed by atoms with van der Waals surface area (Å²) in [5.74, 6) is 0.391. The van der Waals surface area contributed by atoms with E-state index in [2.05, 4.69) is 11.4 Å². The third-order valence-electron chi connectivity index (χ3n) is 3.32. The van der Waals surface area contributed by atoms with E-state index >= 15 is 0 Å². The minimum Gasteiger partial charge on any atom is -0.497 e. The van der Waals surface area contributed by atoms with Gasteiger partial charge in [-0.05, 0) is 25.0 Å². The fourth-order valence-electron chi connectivity index (χ4n) is 2.06. The Morgan fingerprint density at radius 3 is 2.84 bits per heavy atom.